The molecule has 1 N–H and O–H groups in total. The van der Waals surface area contributed by atoms with Crippen LogP contribution in [0.3, 0.4) is 0 Å². The van der Waals surface area contributed by atoms with Gasteiger partial charge in [-0.15, -0.1) is 11.3 Å². The minimum atomic E-state index is -3.62. The van der Waals surface area contributed by atoms with Crippen LogP contribution in [0.15, 0.2) is 15.7 Å². The van der Waals surface area contributed by atoms with Gasteiger partial charge in [-0.2, -0.15) is 4.31 Å². The predicted octanol–water partition coefficient (Wildman–Crippen LogP) is 2.30. The summed E-state index contributed by atoms with van der Waals surface area (Å²) in [5.74, 6) is 0.505. The van der Waals surface area contributed by atoms with Crippen molar-refractivity contribution >= 4 is 33.2 Å². The largest absolute Gasteiger partial charge is 0.353 e. The molecule has 3 aliphatic rings. The Balaban J connectivity index is 1.37. The maximum absolute atomic E-state index is 13.0. The van der Waals surface area contributed by atoms with Crippen LogP contribution >= 0.6 is 11.3 Å². The van der Waals surface area contributed by atoms with E-state index in [9.17, 15) is 18.0 Å². The molecule has 3 fully saturated rings. The molecule has 0 spiro atoms. The van der Waals surface area contributed by atoms with Gasteiger partial charge in [-0.3, -0.25) is 9.59 Å². The number of hydrogen-bond donors (Lipinski definition) is 1. The van der Waals surface area contributed by atoms with Gasteiger partial charge in [-0.1, -0.05) is 6.92 Å². The molecule has 9 heteroatoms. The van der Waals surface area contributed by atoms with Crippen molar-refractivity contribution < 1.29 is 18.0 Å². The fourth-order valence-corrected chi connectivity index (χ4v) is 6.77. The van der Waals surface area contributed by atoms with Gasteiger partial charge in [0, 0.05) is 43.5 Å². The van der Waals surface area contributed by atoms with Gasteiger partial charge < -0.3 is 10.2 Å². The van der Waals surface area contributed by atoms with Crippen LogP contribution in [0, 0.1) is 11.8 Å². The van der Waals surface area contributed by atoms with Crippen molar-refractivity contribution in [1.29, 1.82) is 0 Å². The minimum Gasteiger partial charge on any atom is -0.353 e. The summed E-state index contributed by atoms with van der Waals surface area (Å²) in [6.07, 6.45) is 5.17. The smallest absolute Gasteiger partial charge is 0.254 e. The number of nitrogens with one attached hydrogen (secondary N) is 1. The van der Waals surface area contributed by atoms with Gasteiger partial charge in [-0.05, 0) is 50.5 Å². The fraction of sp³-hybridized carbons (Fsp3) is 0.700. The Morgan fingerprint density at radius 2 is 1.69 bits per heavy atom. The number of nitrogens with zero attached hydrogens (tertiary/aromatic N) is 2. The molecule has 2 saturated heterocycles. The second kappa shape index (κ2) is 8.35. The molecule has 4 rings (SSSR count). The molecule has 0 bridgehead atoms. The molecule has 0 unspecified atom stereocenters. The molecule has 1 saturated carbocycles. The Bertz CT molecular complexity index is 862. The van der Waals surface area contributed by atoms with Gasteiger partial charge in [0.2, 0.25) is 5.91 Å². The number of carbonyl (C=O) groups excluding carboxylic acids is 2. The van der Waals surface area contributed by atoms with Crippen molar-refractivity contribution in [2.24, 2.45) is 11.8 Å². The molecule has 1 aromatic heterocycles. The molecule has 2 amide bonds. The predicted molar refractivity (Wildman–Crippen MR) is 111 cm³/mol. The van der Waals surface area contributed by atoms with E-state index in [2.05, 4.69) is 12.2 Å². The van der Waals surface area contributed by atoms with Gasteiger partial charge in [0.05, 0.1) is 5.56 Å². The number of thiophene rings is 1. The van der Waals surface area contributed by atoms with E-state index in [-0.39, 0.29) is 21.9 Å². The average molecular weight is 440 g/mol. The Morgan fingerprint density at radius 1 is 1.03 bits per heavy atom. The van der Waals surface area contributed by atoms with E-state index in [1.807, 2.05) is 4.90 Å². The zero-order chi connectivity index (χ0) is 20.6. The summed E-state index contributed by atoms with van der Waals surface area (Å²) in [7, 11) is -3.62. The second-order valence-corrected chi connectivity index (χ2v) is 11.7. The van der Waals surface area contributed by atoms with E-state index < -0.39 is 10.0 Å². The topological polar surface area (TPSA) is 86.8 Å². The SMILES string of the molecule is CC1CCN(C(=O)c2csc(S(=O)(=O)N3CCC(C(=O)NC4CC4)CC3)c2)CC1. The molecule has 0 aromatic carbocycles. The van der Waals surface area contributed by atoms with Crippen LogP contribution < -0.4 is 5.32 Å². The van der Waals surface area contributed by atoms with Crippen molar-refractivity contribution in [3.63, 3.8) is 0 Å². The Kier molecular flexibility index (Phi) is 5.99. The summed E-state index contributed by atoms with van der Waals surface area (Å²) in [6.45, 7) is 4.34. The lowest BCUT2D eigenvalue weighted by Gasteiger charge is -2.30. The first kappa shape index (κ1) is 20.8. The third-order valence-electron chi connectivity index (χ3n) is 6.24. The Hall–Kier alpha value is -1.45. The number of carbonyl (C=O) groups is 2. The molecule has 1 aromatic rings. The van der Waals surface area contributed by atoms with Gasteiger partial charge >= 0.3 is 0 Å². The number of piperidine rings is 2. The van der Waals surface area contributed by atoms with E-state index in [1.54, 1.807) is 5.38 Å². The molecular formula is C20H29N3O4S2. The van der Waals surface area contributed by atoms with Gasteiger partial charge in [0.15, 0.2) is 0 Å². The van der Waals surface area contributed by atoms with Crippen LogP contribution in [-0.2, 0) is 14.8 Å². The summed E-state index contributed by atoms with van der Waals surface area (Å²) in [6, 6.07) is 1.85. The highest BCUT2D eigenvalue weighted by Gasteiger charge is 2.35. The normalized spacial score (nSPS) is 22.6. The van der Waals surface area contributed by atoms with Gasteiger partial charge in [0.25, 0.3) is 15.9 Å². The van der Waals surface area contributed by atoms with E-state index >= 15 is 0 Å². The lowest BCUT2D eigenvalue weighted by atomic mass is 9.97. The lowest BCUT2D eigenvalue weighted by molar-refractivity contribution is -0.126. The molecular weight excluding hydrogens is 410 g/mol. The number of rotatable bonds is 5. The van der Waals surface area contributed by atoms with Crippen molar-refractivity contribution in [2.45, 2.75) is 55.7 Å². The molecule has 7 nitrogen and oxygen atoms in total. The third-order valence-corrected chi connectivity index (χ3v) is 9.55. The number of hydrogen-bond acceptors (Lipinski definition) is 5. The molecule has 29 heavy (non-hydrogen) atoms. The minimum absolute atomic E-state index is 0.0596. The van der Waals surface area contributed by atoms with Gasteiger partial charge in [-0.25, -0.2) is 8.42 Å². The van der Waals surface area contributed by atoms with Crippen molar-refractivity contribution in [3.05, 3.63) is 17.0 Å². The van der Waals surface area contributed by atoms with Crippen LogP contribution in [-0.4, -0.2) is 61.7 Å². The Morgan fingerprint density at radius 3 is 2.31 bits per heavy atom. The van der Waals surface area contributed by atoms with E-state index in [0.29, 0.717) is 43.5 Å². The molecule has 0 radical (unpaired) electrons. The van der Waals surface area contributed by atoms with Crippen LogP contribution in [0.1, 0.15) is 55.8 Å². The summed E-state index contributed by atoms with van der Waals surface area (Å²) in [5, 5.41) is 4.67. The quantitative estimate of drug-likeness (QED) is 0.763. The highest BCUT2D eigenvalue weighted by atomic mass is 32.2. The number of likely N-dealkylation sites (tertiary alicyclic amines) is 1. The summed E-state index contributed by atoms with van der Waals surface area (Å²) in [4.78, 5) is 26.7. The molecule has 2 aliphatic heterocycles. The van der Waals surface area contributed by atoms with Crippen molar-refractivity contribution in [2.75, 3.05) is 26.2 Å². The lowest BCUT2D eigenvalue weighted by Crippen LogP contribution is -2.43. The second-order valence-electron chi connectivity index (χ2n) is 8.59. The first-order valence-electron chi connectivity index (χ1n) is 10.5. The molecule has 160 valence electrons. The van der Waals surface area contributed by atoms with Crippen molar-refractivity contribution in [1.82, 2.24) is 14.5 Å². The molecule has 0 atom stereocenters. The monoisotopic (exact) mass is 439 g/mol. The third kappa shape index (κ3) is 4.67. The summed E-state index contributed by atoms with van der Waals surface area (Å²) >= 11 is 1.11. The first-order chi connectivity index (χ1) is 13.8. The van der Waals surface area contributed by atoms with Gasteiger partial charge in [0.1, 0.15) is 4.21 Å². The van der Waals surface area contributed by atoms with Crippen LogP contribution in [0.25, 0.3) is 0 Å². The standard InChI is InChI=1S/C20H29N3O4S2/c1-14-4-8-22(9-5-14)20(25)16-12-18(28-13-16)29(26,27)23-10-6-15(7-11-23)19(24)21-17-2-3-17/h12-15,17H,2-11H2,1H3,(H,21,24). The van der Waals surface area contributed by atoms with Crippen LogP contribution in [0.2, 0.25) is 0 Å². The highest BCUT2D eigenvalue weighted by molar-refractivity contribution is 7.91. The zero-order valence-corrected chi connectivity index (χ0v) is 18.4. The zero-order valence-electron chi connectivity index (χ0n) is 16.8. The fourth-order valence-electron chi connectivity index (χ4n) is 3.99. The molecule has 1 aliphatic carbocycles. The van der Waals surface area contributed by atoms with E-state index in [4.69, 9.17) is 0 Å². The average Bonchev–Trinajstić information content (AvgIpc) is 3.38. The summed E-state index contributed by atoms with van der Waals surface area (Å²) in [5.41, 5.74) is 0.460. The van der Waals surface area contributed by atoms with Crippen LogP contribution in [0.5, 0.6) is 0 Å². The highest BCUT2D eigenvalue weighted by Crippen LogP contribution is 2.30. The maximum Gasteiger partial charge on any atom is 0.254 e. The Labute approximate surface area is 176 Å². The first-order valence-corrected chi connectivity index (χ1v) is 12.8. The van der Waals surface area contributed by atoms with Crippen LogP contribution in [0.4, 0.5) is 0 Å². The number of sulfonamides is 1. The van der Waals surface area contributed by atoms with E-state index in [0.717, 1.165) is 50.1 Å². The number of amides is 2. The van der Waals surface area contributed by atoms with Crippen molar-refractivity contribution in [3.8, 4) is 0 Å². The molecule has 3 heterocycles. The maximum atomic E-state index is 13.0. The van der Waals surface area contributed by atoms with E-state index in [1.165, 1.54) is 10.4 Å². The summed E-state index contributed by atoms with van der Waals surface area (Å²) < 4.78 is 27.7.